The Bertz CT molecular complexity index is 1280. The molecule has 0 aliphatic carbocycles. The molecule has 0 saturated heterocycles. The summed E-state index contributed by atoms with van der Waals surface area (Å²) >= 11 is 0. The van der Waals surface area contributed by atoms with Gasteiger partial charge in [0.2, 0.25) is 5.75 Å². The molecule has 0 saturated carbocycles. The molecule has 3 aromatic rings. The molecular weight excluding hydrogens is 430 g/mol. The van der Waals surface area contributed by atoms with Crippen molar-refractivity contribution in [3.8, 4) is 17.3 Å². The van der Waals surface area contributed by atoms with Gasteiger partial charge in [0.1, 0.15) is 23.9 Å². The smallest absolute Gasteiger partial charge is 0.341 e. The first-order valence-corrected chi connectivity index (χ1v) is 9.79. The van der Waals surface area contributed by atoms with Gasteiger partial charge < -0.3 is 31.2 Å². The number of para-hydroxylation sites is 1. The fourth-order valence-corrected chi connectivity index (χ4v) is 3.10. The Morgan fingerprint density at radius 1 is 0.939 bits per heavy atom. The number of hydrogen-bond donors (Lipinski definition) is 6. The van der Waals surface area contributed by atoms with Gasteiger partial charge in [0.25, 0.3) is 5.88 Å². The van der Waals surface area contributed by atoms with E-state index in [1.54, 1.807) is 24.3 Å². The maximum absolute atomic E-state index is 12.3. The number of amidine groups is 2. The average Bonchev–Trinajstić information content (AvgIpc) is 3.05. The number of nitrogens with one attached hydrogen (secondary N) is 2. The van der Waals surface area contributed by atoms with E-state index in [4.69, 9.17) is 31.8 Å². The number of carbonyl (C=O) groups excluding carboxylic acids is 2. The van der Waals surface area contributed by atoms with Crippen LogP contribution in [0.5, 0.6) is 11.6 Å². The van der Waals surface area contributed by atoms with Gasteiger partial charge in [0.05, 0.1) is 11.2 Å². The van der Waals surface area contributed by atoms with E-state index in [1.807, 2.05) is 0 Å². The van der Waals surface area contributed by atoms with Crippen LogP contribution in [0.3, 0.4) is 0 Å². The third-order valence-electron chi connectivity index (χ3n) is 4.71. The Morgan fingerprint density at radius 3 is 2.12 bits per heavy atom. The summed E-state index contributed by atoms with van der Waals surface area (Å²) in [4.78, 5) is 24.5. The monoisotopic (exact) mass is 453 g/mol. The molecule has 11 heteroatoms. The summed E-state index contributed by atoms with van der Waals surface area (Å²) in [5.41, 5.74) is 12.5. The van der Waals surface area contributed by atoms with Crippen molar-refractivity contribution in [1.29, 1.82) is 10.8 Å². The molecule has 8 N–H and O–H groups in total. The highest BCUT2D eigenvalue weighted by molar-refractivity contribution is 6.04. The predicted molar refractivity (Wildman–Crippen MR) is 120 cm³/mol. The lowest BCUT2D eigenvalue weighted by atomic mass is 10.1. The van der Waals surface area contributed by atoms with Gasteiger partial charge in [-0.2, -0.15) is 0 Å². The van der Waals surface area contributed by atoms with Crippen LogP contribution in [0.25, 0.3) is 16.6 Å². The van der Waals surface area contributed by atoms with Crippen molar-refractivity contribution in [2.45, 2.75) is 26.1 Å². The Kier molecular flexibility index (Phi) is 6.47. The second-order valence-corrected chi connectivity index (χ2v) is 7.24. The lowest BCUT2D eigenvalue weighted by Crippen LogP contribution is -2.25. The van der Waals surface area contributed by atoms with E-state index in [0.29, 0.717) is 16.5 Å². The largest absolute Gasteiger partial charge is 0.418 e. The minimum Gasteiger partial charge on any atom is -0.418 e. The molecule has 2 atom stereocenters. The van der Waals surface area contributed by atoms with Gasteiger partial charge in [-0.1, -0.05) is 12.1 Å². The topological polar surface area (TPSA) is 198 Å². The molecule has 2 aromatic carbocycles. The highest BCUT2D eigenvalue weighted by Gasteiger charge is 2.29. The summed E-state index contributed by atoms with van der Waals surface area (Å²) in [6, 6.07) is 11.1. The number of carbonyl (C=O) groups is 2. The SMILES string of the molecule is CC(O)C(=O)Oc1c(OC(=O)C(C)O)n(-c2ccc(C(=N)N)cc2C(=N)N)c2ccccc12. The third-order valence-corrected chi connectivity index (χ3v) is 4.71. The number of hydrogen-bond acceptors (Lipinski definition) is 8. The fraction of sp³-hybridized carbons (Fsp3) is 0.182. The molecule has 11 nitrogen and oxygen atoms in total. The normalized spacial score (nSPS) is 12.7. The van der Waals surface area contributed by atoms with Crippen molar-refractivity contribution in [1.82, 2.24) is 4.57 Å². The van der Waals surface area contributed by atoms with Crippen molar-refractivity contribution < 1.29 is 29.3 Å². The van der Waals surface area contributed by atoms with Crippen molar-refractivity contribution in [3.63, 3.8) is 0 Å². The summed E-state index contributed by atoms with van der Waals surface area (Å²) in [6.07, 6.45) is -2.96. The Labute approximate surface area is 188 Å². The van der Waals surface area contributed by atoms with E-state index in [2.05, 4.69) is 0 Å². The number of aromatic nitrogens is 1. The van der Waals surface area contributed by atoms with Crippen LogP contribution in [-0.4, -0.2) is 50.6 Å². The number of benzene rings is 2. The molecule has 0 fully saturated rings. The summed E-state index contributed by atoms with van der Waals surface area (Å²) in [5, 5.41) is 35.4. The molecule has 0 spiro atoms. The standard InChI is InChI=1S/C22H23N5O6/c1-10(28)21(30)32-17-13-5-3-4-6-15(13)27(20(17)33-22(31)11(2)29)16-8-7-12(18(23)24)9-14(16)19(25)26/h3-11,28-29H,1-2H3,(H3,23,24)(H3,25,26). The van der Waals surface area contributed by atoms with Gasteiger partial charge in [-0.25, -0.2) is 9.59 Å². The zero-order valence-electron chi connectivity index (χ0n) is 17.8. The Hall–Kier alpha value is -4.22. The highest BCUT2D eigenvalue weighted by Crippen LogP contribution is 2.42. The Balaban J connectivity index is 2.40. The number of nitrogens with two attached hydrogens (primary N) is 2. The van der Waals surface area contributed by atoms with Crippen LogP contribution in [0.15, 0.2) is 42.5 Å². The van der Waals surface area contributed by atoms with E-state index < -0.39 is 24.1 Å². The molecule has 2 unspecified atom stereocenters. The number of ether oxygens (including phenoxy) is 2. The van der Waals surface area contributed by atoms with Crippen LogP contribution < -0.4 is 20.9 Å². The predicted octanol–water partition coefficient (Wildman–Crippen LogP) is 0.771. The van der Waals surface area contributed by atoms with Crippen LogP contribution >= 0.6 is 0 Å². The number of nitrogen functional groups attached to an aromatic ring is 2. The minimum atomic E-state index is -1.50. The zero-order valence-corrected chi connectivity index (χ0v) is 17.8. The molecule has 1 aromatic heterocycles. The lowest BCUT2D eigenvalue weighted by molar-refractivity contribution is -0.145. The number of aliphatic hydroxyl groups excluding tert-OH is 2. The van der Waals surface area contributed by atoms with Crippen molar-refractivity contribution in [2.75, 3.05) is 0 Å². The van der Waals surface area contributed by atoms with Gasteiger partial charge >= 0.3 is 11.9 Å². The lowest BCUT2D eigenvalue weighted by Gasteiger charge is -2.16. The van der Waals surface area contributed by atoms with Crippen molar-refractivity contribution >= 4 is 34.5 Å². The summed E-state index contributed by atoms with van der Waals surface area (Å²) < 4.78 is 12.2. The minimum absolute atomic E-state index is 0.159. The number of aliphatic hydroxyl groups is 2. The van der Waals surface area contributed by atoms with E-state index in [1.165, 1.54) is 36.6 Å². The number of esters is 2. The van der Waals surface area contributed by atoms with Gasteiger partial charge in [-0.15, -0.1) is 0 Å². The molecule has 0 radical (unpaired) electrons. The molecule has 3 rings (SSSR count). The first-order valence-electron chi connectivity index (χ1n) is 9.79. The molecular formula is C22H23N5O6. The molecule has 0 amide bonds. The summed E-state index contributed by atoms with van der Waals surface area (Å²) in [6.45, 7) is 2.43. The number of nitrogens with zero attached hydrogens (tertiary/aromatic N) is 1. The van der Waals surface area contributed by atoms with Crippen LogP contribution in [0.1, 0.15) is 25.0 Å². The van der Waals surface area contributed by atoms with E-state index in [9.17, 15) is 19.8 Å². The van der Waals surface area contributed by atoms with Crippen LogP contribution in [0, 0.1) is 10.8 Å². The second-order valence-electron chi connectivity index (χ2n) is 7.24. The molecule has 0 aliphatic rings. The number of fused-ring (bicyclic) bond motifs is 1. The maximum atomic E-state index is 12.3. The van der Waals surface area contributed by atoms with Gasteiger partial charge in [0, 0.05) is 16.5 Å². The maximum Gasteiger partial charge on any atom is 0.341 e. The quantitative estimate of drug-likeness (QED) is 0.171. The number of rotatable bonds is 7. The first-order chi connectivity index (χ1) is 15.5. The summed E-state index contributed by atoms with van der Waals surface area (Å²) in [7, 11) is 0. The summed E-state index contributed by atoms with van der Waals surface area (Å²) in [5.74, 6) is -3.07. The Morgan fingerprint density at radius 2 is 1.55 bits per heavy atom. The molecule has 0 bridgehead atoms. The van der Waals surface area contributed by atoms with Crippen molar-refractivity contribution in [3.05, 3.63) is 53.6 Å². The zero-order chi connectivity index (χ0) is 24.4. The van der Waals surface area contributed by atoms with Gasteiger partial charge in [-0.3, -0.25) is 15.4 Å². The molecule has 172 valence electrons. The van der Waals surface area contributed by atoms with Crippen LogP contribution in [-0.2, 0) is 9.59 Å². The second kappa shape index (κ2) is 9.10. The van der Waals surface area contributed by atoms with Crippen LogP contribution in [0.4, 0.5) is 0 Å². The average molecular weight is 453 g/mol. The van der Waals surface area contributed by atoms with E-state index >= 15 is 0 Å². The van der Waals surface area contributed by atoms with Gasteiger partial charge in [0.15, 0.2) is 0 Å². The van der Waals surface area contributed by atoms with Crippen LogP contribution in [0.2, 0.25) is 0 Å². The molecule has 33 heavy (non-hydrogen) atoms. The molecule has 0 aliphatic heterocycles. The third kappa shape index (κ3) is 4.54. The fourth-order valence-electron chi connectivity index (χ4n) is 3.10. The van der Waals surface area contributed by atoms with E-state index in [-0.39, 0.29) is 34.6 Å². The molecule has 1 heterocycles. The van der Waals surface area contributed by atoms with E-state index in [0.717, 1.165) is 0 Å². The van der Waals surface area contributed by atoms with Crippen molar-refractivity contribution in [2.24, 2.45) is 11.5 Å². The highest BCUT2D eigenvalue weighted by atomic mass is 16.6. The van der Waals surface area contributed by atoms with Gasteiger partial charge in [-0.05, 0) is 44.2 Å². The first kappa shape index (κ1) is 23.4.